The first kappa shape index (κ1) is 19.2. The molecule has 0 aliphatic carbocycles. The summed E-state index contributed by atoms with van der Waals surface area (Å²) in [5, 5.41) is 19.3. The second kappa shape index (κ2) is 7.98. The highest BCUT2D eigenvalue weighted by Crippen LogP contribution is 2.35. The molecule has 2 N–H and O–H groups in total. The number of benzene rings is 2. The van der Waals surface area contributed by atoms with Crippen molar-refractivity contribution in [3.8, 4) is 5.75 Å². The van der Waals surface area contributed by atoms with E-state index in [4.69, 9.17) is 5.11 Å². The normalized spacial score (nSPS) is 17.1. The molecule has 1 saturated heterocycles. The van der Waals surface area contributed by atoms with Crippen LogP contribution < -0.4 is 0 Å². The Morgan fingerprint density at radius 1 is 1.26 bits per heavy atom. The maximum atomic E-state index is 12.6. The lowest BCUT2D eigenvalue weighted by atomic mass is 10.2. The number of carboxylic acid groups (broad SMARTS) is 1. The van der Waals surface area contributed by atoms with Gasteiger partial charge in [0.05, 0.1) is 10.6 Å². The third-order valence-electron chi connectivity index (χ3n) is 3.81. The highest BCUT2D eigenvalue weighted by molar-refractivity contribution is 9.10. The summed E-state index contributed by atoms with van der Waals surface area (Å²) in [6.45, 7) is 2.29. The van der Waals surface area contributed by atoms with Gasteiger partial charge in [0.15, 0.2) is 5.17 Å². The van der Waals surface area contributed by atoms with Crippen LogP contribution in [0.3, 0.4) is 0 Å². The van der Waals surface area contributed by atoms with Crippen molar-refractivity contribution in [2.45, 2.75) is 6.92 Å². The lowest BCUT2D eigenvalue weighted by Crippen LogP contribution is -2.28. The van der Waals surface area contributed by atoms with E-state index in [1.807, 2.05) is 31.2 Å². The number of carbonyl (C=O) groups excluding carboxylic acids is 1. The second-order valence-electron chi connectivity index (χ2n) is 5.61. The van der Waals surface area contributed by atoms with E-state index in [9.17, 15) is 14.7 Å². The minimum atomic E-state index is -1.22. The van der Waals surface area contributed by atoms with E-state index in [2.05, 4.69) is 20.9 Å². The molecule has 1 aliphatic rings. The molecule has 0 aromatic heterocycles. The number of aromatic hydroxyl groups is 1. The van der Waals surface area contributed by atoms with Crippen LogP contribution in [0, 0.1) is 0 Å². The molecule has 0 spiro atoms. The molecule has 8 heteroatoms. The van der Waals surface area contributed by atoms with Gasteiger partial charge < -0.3 is 10.2 Å². The quantitative estimate of drug-likeness (QED) is 0.675. The van der Waals surface area contributed by atoms with Crippen molar-refractivity contribution < 1.29 is 19.8 Å². The molecule has 0 unspecified atom stereocenters. The van der Waals surface area contributed by atoms with E-state index in [-0.39, 0.29) is 17.2 Å². The van der Waals surface area contributed by atoms with Gasteiger partial charge in [-0.1, -0.05) is 28.1 Å². The lowest BCUT2D eigenvalue weighted by Gasteiger charge is -2.12. The molecule has 2 aromatic carbocycles. The van der Waals surface area contributed by atoms with Gasteiger partial charge in [-0.15, -0.1) is 0 Å². The zero-order valence-electron chi connectivity index (χ0n) is 14.2. The molecular formula is C19H15BrN2O4S. The predicted molar refractivity (Wildman–Crippen MR) is 109 cm³/mol. The number of hydrogen-bond donors (Lipinski definition) is 2. The first-order valence-electron chi connectivity index (χ1n) is 8.01. The largest absolute Gasteiger partial charge is 0.507 e. The van der Waals surface area contributed by atoms with Gasteiger partial charge in [-0.2, -0.15) is 0 Å². The summed E-state index contributed by atoms with van der Waals surface area (Å²) < 4.78 is 0.956. The summed E-state index contributed by atoms with van der Waals surface area (Å²) in [5.74, 6) is -1.73. The van der Waals surface area contributed by atoms with Crippen molar-refractivity contribution >= 4 is 56.5 Å². The van der Waals surface area contributed by atoms with Gasteiger partial charge >= 0.3 is 5.97 Å². The maximum absolute atomic E-state index is 12.6. The number of hydrogen-bond acceptors (Lipinski definition) is 5. The molecule has 1 heterocycles. The van der Waals surface area contributed by atoms with E-state index >= 15 is 0 Å². The number of amidine groups is 1. The Balaban J connectivity index is 1.92. The molecular weight excluding hydrogens is 432 g/mol. The number of carboxylic acids is 1. The summed E-state index contributed by atoms with van der Waals surface area (Å²) in [5.41, 5.74) is 1.07. The Bertz CT molecular complexity index is 970. The average molecular weight is 447 g/mol. The first-order valence-corrected chi connectivity index (χ1v) is 9.62. The van der Waals surface area contributed by atoms with Crippen LogP contribution in [0.25, 0.3) is 6.08 Å². The van der Waals surface area contributed by atoms with Crippen molar-refractivity contribution in [1.82, 2.24) is 4.90 Å². The Morgan fingerprint density at radius 2 is 1.96 bits per heavy atom. The minimum absolute atomic E-state index is 0.143. The molecule has 27 heavy (non-hydrogen) atoms. The van der Waals surface area contributed by atoms with Crippen molar-refractivity contribution in [1.29, 1.82) is 0 Å². The third-order valence-corrected chi connectivity index (χ3v) is 5.34. The SMILES string of the molecule is CCN1C(=O)/C(=C/c2ccc(Br)cc2)SC1=Nc1ccc(C(=O)O)c(O)c1. The van der Waals surface area contributed by atoms with Crippen molar-refractivity contribution in [2.75, 3.05) is 6.54 Å². The predicted octanol–water partition coefficient (Wildman–Crippen LogP) is 4.48. The van der Waals surface area contributed by atoms with Crippen LogP contribution in [0.1, 0.15) is 22.8 Å². The van der Waals surface area contributed by atoms with Gasteiger partial charge in [0.25, 0.3) is 5.91 Å². The van der Waals surface area contributed by atoms with Crippen LogP contribution in [0.4, 0.5) is 5.69 Å². The van der Waals surface area contributed by atoms with Gasteiger partial charge in [0, 0.05) is 17.1 Å². The van der Waals surface area contributed by atoms with Crippen LogP contribution >= 0.6 is 27.7 Å². The van der Waals surface area contributed by atoms with Gasteiger partial charge in [0.2, 0.25) is 0 Å². The topological polar surface area (TPSA) is 90.2 Å². The van der Waals surface area contributed by atoms with Crippen molar-refractivity contribution in [3.63, 3.8) is 0 Å². The standard InChI is InChI=1S/C19H15BrN2O4S/c1-2-22-17(24)16(9-11-3-5-12(20)6-4-11)27-19(22)21-13-7-8-14(18(25)26)15(23)10-13/h3-10,23H,2H2,1H3,(H,25,26)/b16-9-,21-19?. The third kappa shape index (κ3) is 4.23. The number of halogens is 1. The van der Waals surface area contributed by atoms with Gasteiger partial charge in [0.1, 0.15) is 11.3 Å². The van der Waals surface area contributed by atoms with Gasteiger partial charge in [-0.3, -0.25) is 9.69 Å². The van der Waals surface area contributed by atoms with Crippen LogP contribution in [-0.2, 0) is 4.79 Å². The monoisotopic (exact) mass is 446 g/mol. The highest BCUT2D eigenvalue weighted by Gasteiger charge is 2.32. The van der Waals surface area contributed by atoms with E-state index < -0.39 is 5.97 Å². The first-order chi connectivity index (χ1) is 12.9. The fourth-order valence-electron chi connectivity index (χ4n) is 2.46. The molecule has 0 radical (unpaired) electrons. The number of thioether (sulfide) groups is 1. The lowest BCUT2D eigenvalue weighted by molar-refractivity contribution is -0.122. The van der Waals surface area contributed by atoms with Gasteiger partial charge in [-0.25, -0.2) is 9.79 Å². The second-order valence-corrected chi connectivity index (χ2v) is 7.54. The van der Waals surface area contributed by atoms with Crippen LogP contribution in [0.15, 0.2) is 56.8 Å². The zero-order chi connectivity index (χ0) is 19.6. The average Bonchev–Trinajstić information content (AvgIpc) is 2.91. The fourth-order valence-corrected chi connectivity index (χ4v) is 3.79. The Labute approximate surface area is 168 Å². The molecule has 0 bridgehead atoms. The summed E-state index contributed by atoms with van der Waals surface area (Å²) in [6, 6.07) is 11.6. The summed E-state index contributed by atoms with van der Waals surface area (Å²) in [6.07, 6.45) is 1.80. The maximum Gasteiger partial charge on any atom is 0.339 e. The number of aromatic carboxylic acids is 1. The van der Waals surface area contributed by atoms with Crippen LogP contribution in [0.2, 0.25) is 0 Å². The molecule has 2 aromatic rings. The van der Waals surface area contributed by atoms with Crippen LogP contribution in [-0.4, -0.2) is 38.7 Å². The summed E-state index contributed by atoms with van der Waals surface area (Å²) >= 11 is 4.62. The Kier molecular flexibility index (Phi) is 5.67. The van der Waals surface area contributed by atoms with E-state index in [1.54, 1.807) is 6.08 Å². The number of carbonyl (C=O) groups is 2. The van der Waals surface area contributed by atoms with E-state index in [0.717, 1.165) is 10.0 Å². The van der Waals surface area contributed by atoms with Crippen LogP contribution in [0.5, 0.6) is 5.75 Å². The molecule has 1 aliphatic heterocycles. The summed E-state index contributed by atoms with van der Waals surface area (Å²) in [7, 11) is 0. The smallest absolute Gasteiger partial charge is 0.339 e. The number of rotatable bonds is 4. The molecule has 3 rings (SSSR count). The number of aliphatic imine (C=N–C) groups is 1. The molecule has 1 fully saturated rings. The van der Waals surface area contributed by atoms with Crippen molar-refractivity contribution in [3.05, 3.63) is 63.0 Å². The molecule has 0 saturated carbocycles. The zero-order valence-corrected chi connectivity index (χ0v) is 16.6. The van der Waals surface area contributed by atoms with Gasteiger partial charge in [-0.05, 0) is 54.6 Å². The molecule has 138 valence electrons. The summed E-state index contributed by atoms with van der Waals surface area (Å²) in [4.78, 5) is 30.1. The highest BCUT2D eigenvalue weighted by atomic mass is 79.9. The fraction of sp³-hybridized carbons (Fsp3) is 0.105. The van der Waals surface area contributed by atoms with Crippen molar-refractivity contribution in [2.24, 2.45) is 4.99 Å². The Hall–Kier alpha value is -2.58. The minimum Gasteiger partial charge on any atom is -0.507 e. The van der Waals surface area contributed by atoms with E-state index in [1.165, 1.54) is 34.9 Å². The Morgan fingerprint density at radius 3 is 2.56 bits per heavy atom. The number of likely N-dealkylation sites (N-methyl/N-ethyl adjacent to an activating group) is 1. The van der Waals surface area contributed by atoms with E-state index in [0.29, 0.717) is 22.3 Å². The molecule has 1 amide bonds. The number of amides is 1. The number of nitrogens with zero attached hydrogens (tertiary/aromatic N) is 2. The molecule has 0 atom stereocenters. The number of phenols is 1. The molecule has 6 nitrogen and oxygen atoms in total.